The van der Waals surface area contributed by atoms with Crippen molar-refractivity contribution in [2.75, 3.05) is 5.73 Å². The lowest BCUT2D eigenvalue weighted by Crippen LogP contribution is -1.93. The predicted molar refractivity (Wildman–Crippen MR) is 73.3 cm³/mol. The average Bonchev–Trinajstić information content (AvgIpc) is 2.85. The molecule has 2 N–H and O–H groups in total. The summed E-state index contributed by atoms with van der Waals surface area (Å²) >= 11 is 3.07. The first-order chi connectivity index (χ1) is 8.17. The molecule has 0 fully saturated rings. The van der Waals surface area contributed by atoms with Crippen molar-refractivity contribution in [2.24, 2.45) is 0 Å². The van der Waals surface area contributed by atoms with Gasteiger partial charge in [-0.2, -0.15) is 5.26 Å². The second-order valence-electron chi connectivity index (χ2n) is 3.77. The number of hydrogen-bond donors (Lipinski definition) is 1. The molecule has 3 nitrogen and oxygen atoms in total. The molecule has 0 radical (unpaired) electrons. The molecule has 2 rings (SSSR count). The Morgan fingerprint density at radius 1 is 1.53 bits per heavy atom. The number of anilines is 1. The molecule has 0 atom stereocenters. The Balaban J connectivity index is 2.57. The molecule has 0 unspecified atom stereocenters. The van der Waals surface area contributed by atoms with Gasteiger partial charge in [-0.25, -0.2) is 4.98 Å². The monoisotopic (exact) mass is 263 g/mol. The first-order valence-electron chi connectivity index (χ1n) is 5.41. The van der Waals surface area contributed by atoms with E-state index >= 15 is 0 Å². The van der Waals surface area contributed by atoms with Crippen molar-refractivity contribution < 1.29 is 0 Å². The minimum absolute atomic E-state index is 0.606. The molecule has 5 heteroatoms. The van der Waals surface area contributed by atoms with Crippen molar-refractivity contribution in [3.8, 4) is 16.6 Å². The van der Waals surface area contributed by atoms with E-state index in [9.17, 15) is 0 Å². The second kappa shape index (κ2) is 4.86. The Morgan fingerprint density at radius 2 is 2.29 bits per heavy atom. The van der Waals surface area contributed by atoms with E-state index in [0.717, 1.165) is 34.0 Å². The quantitative estimate of drug-likeness (QED) is 0.920. The highest BCUT2D eigenvalue weighted by molar-refractivity contribution is 7.17. The summed E-state index contributed by atoms with van der Waals surface area (Å²) in [5.74, 6) is 0. The normalized spacial score (nSPS) is 10.4. The van der Waals surface area contributed by atoms with Crippen LogP contribution in [0.25, 0.3) is 10.6 Å². The molecule has 0 spiro atoms. The molecule has 2 aromatic heterocycles. The maximum Gasteiger partial charge on any atom is 0.128 e. The van der Waals surface area contributed by atoms with Crippen LogP contribution in [0.4, 0.5) is 5.69 Å². The van der Waals surface area contributed by atoms with Crippen LogP contribution in [0.15, 0.2) is 5.38 Å². The Bertz CT molecular complexity index is 575. The Hall–Kier alpha value is -1.38. The standard InChI is InChI=1S/C12H13N3S2/c1-3-4-8-11(14)10(5-13)17-12(8)9-6-16-7(2)15-9/h6H,3-4,14H2,1-2H3. The second-order valence-corrected chi connectivity index (χ2v) is 5.85. The molecule has 0 aliphatic rings. The summed E-state index contributed by atoms with van der Waals surface area (Å²) in [6.07, 6.45) is 1.91. The first-order valence-corrected chi connectivity index (χ1v) is 7.10. The number of rotatable bonds is 3. The van der Waals surface area contributed by atoms with Crippen molar-refractivity contribution in [1.29, 1.82) is 5.26 Å². The van der Waals surface area contributed by atoms with Crippen LogP contribution in [0.3, 0.4) is 0 Å². The van der Waals surface area contributed by atoms with Gasteiger partial charge < -0.3 is 5.73 Å². The number of nitrogens with zero attached hydrogens (tertiary/aromatic N) is 2. The van der Waals surface area contributed by atoms with Crippen LogP contribution in [0.5, 0.6) is 0 Å². The third kappa shape index (κ3) is 2.19. The largest absolute Gasteiger partial charge is 0.397 e. The SMILES string of the molecule is CCCc1c(-c2csc(C)n2)sc(C#N)c1N. The molecule has 88 valence electrons. The maximum atomic E-state index is 9.04. The molecule has 0 bridgehead atoms. The lowest BCUT2D eigenvalue weighted by molar-refractivity contribution is 0.929. The number of aryl methyl sites for hydroxylation is 1. The number of aromatic nitrogens is 1. The molecule has 0 aliphatic heterocycles. The van der Waals surface area contributed by atoms with Crippen molar-refractivity contribution in [3.63, 3.8) is 0 Å². The van der Waals surface area contributed by atoms with Gasteiger partial charge in [-0.3, -0.25) is 0 Å². The van der Waals surface area contributed by atoms with Gasteiger partial charge in [0.15, 0.2) is 0 Å². The highest BCUT2D eigenvalue weighted by Gasteiger charge is 2.17. The van der Waals surface area contributed by atoms with Gasteiger partial charge in [0.25, 0.3) is 0 Å². The van der Waals surface area contributed by atoms with E-state index in [1.807, 2.05) is 12.3 Å². The summed E-state index contributed by atoms with van der Waals surface area (Å²) in [4.78, 5) is 6.14. The highest BCUT2D eigenvalue weighted by atomic mass is 32.1. The van der Waals surface area contributed by atoms with Crippen molar-refractivity contribution in [1.82, 2.24) is 4.98 Å². The zero-order chi connectivity index (χ0) is 12.4. The number of thiazole rings is 1. The lowest BCUT2D eigenvalue weighted by Gasteiger charge is -2.00. The number of nitrogens with two attached hydrogens (primary N) is 1. The van der Waals surface area contributed by atoms with Gasteiger partial charge >= 0.3 is 0 Å². The van der Waals surface area contributed by atoms with Crippen LogP contribution in [-0.4, -0.2) is 4.98 Å². The Kier molecular flexibility index (Phi) is 3.46. The zero-order valence-electron chi connectivity index (χ0n) is 9.78. The van der Waals surface area contributed by atoms with E-state index in [1.54, 1.807) is 11.3 Å². The van der Waals surface area contributed by atoms with Gasteiger partial charge in [-0.15, -0.1) is 22.7 Å². The molecular weight excluding hydrogens is 250 g/mol. The van der Waals surface area contributed by atoms with Gasteiger partial charge in [0.1, 0.15) is 10.9 Å². The summed E-state index contributed by atoms with van der Waals surface area (Å²) in [5, 5.41) is 12.1. The first kappa shape index (κ1) is 12.1. The molecule has 0 saturated carbocycles. The van der Waals surface area contributed by atoms with Crippen molar-refractivity contribution in [2.45, 2.75) is 26.7 Å². The van der Waals surface area contributed by atoms with Crippen LogP contribution in [0.1, 0.15) is 28.8 Å². The maximum absolute atomic E-state index is 9.04. The number of nitrogen functional groups attached to an aromatic ring is 1. The topological polar surface area (TPSA) is 62.7 Å². The molecule has 2 heterocycles. The van der Waals surface area contributed by atoms with Crippen LogP contribution in [0, 0.1) is 18.3 Å². The molecule has 0 saturated heterocycles. The summed E-state index contributed by atoms with van der Waals surface area (Å²) in [7, 11) is 0. The fourth-order valence-corrected chi connectivity index (χ4v) is 3.44. The summed E-state index contributed by atoms with van der Waals surface area (Å²) < 4.78 is 0. The highest BCUT2D eigenvalue weighted by Crippen LogP contribution is 2.39. The number of hydrogen-bond acceptors (Lipinski definition) is 5. The summed E-state index contributed by atoms with van der Waals surface area (Å²) in [6, 6.07) is 2.16. The molecule has 0 amide bonds. The Morgan fingerprint density at radius 3 is 2.82 bits per heavy atom. The van der Waals surface area contributed by atoms with E-state index in [4.69, 9.17) is 11.0 Å². The third-order valence-corrected chi connectivity index (χ3v) is 4.45. The van der Waals surface area contributed by atoms with Gasteiger partial charge in [-0.05, 0) is 18.9 Å². The molecular formula is C12H13N3S2. The third-order valence-electron chi connectivity index (χ3n) is 2.50. The number of thiophene rings is 1. The summed E-state index contributed by atoms with van der Waals surface area (Å²) in [6.45, 7) is 4.09. The molecule has 0 aliphatic carbocycles. The van der Waals surface area contributed by atoms with Crippen LogP contribution in [0.2, 0.25) is 0 Å². The van der Waals surface area contributed by atoms with E-state index < -0.39 is 0 Å². The van der Waals surface area contributed by atoms with Crippen LogP contribution < -0.4 is 5.73 Å². The molecule has 0 aromatic carbocycles. The molecule has 17 heavy (non-hydrogen) atoms. The predicted octanol–water partition coefficient (Wildman–Crippen LogP) is 3.59. The average molecular weight is 263 g/mol. The van der Waals surface area contributed by atoms with E-state index in [2.05, 4.69) is 18.0 Å². The minimum Gasteiger partial charge on any atom is -0.397 e. The van der Waals surface area contributed by atoms with Gasteiger partial charge in [0, 0.05) is 5.38 Å². The van der Waals surface area contributed by atoms with Gasteiger partial charge in [-0.1, -0.05) is 13.3 Å². The summed E-state index contributed by atoms with van der Waals surface area (Å²) in [5.41, 5.74) is 8.68. The van der Waals surface area contributed by atoms with E-state index in [-0.39, 0.29) is 0 Å². The van der Waals surface area contributed by atoms with Gasteiger partial charge in [0.2, 0.25) is 0 Å². The van der Waals surface area contributed by atoms with Crippen LogP contribution >= 0.6 is 22.7 Å². The van der Waals surface area contributed by atoms with Crippen molar-refractivity contribution in [3.05, 3.63) is 20.8 Å². The van der Waals surface area contributed by atoms with E-state index in [0.29, 0.717) is 10.6 Å². The zero-order valence-corrected chi connectivity index (χ0v) is 11.4. The van der Waals surface area contributed by atoms with Crippen molar-refractivity contribution >= 4 is 28.4 Å². The smallest absolute Gasteiger partial charge is 0.128 e. The minimum atomic E-state index is 0.606. The van der Waals surface area contributed by atoms with E-state index in [1.165, 1.54) is 11.3 Å². The molecule has 2 aromatic rings. The van der Waals surface area contributed by atoms with Gasteiger partial charge in [0.05, 0.1) is 21.3 Å². The Labute approximate surface area is 109 Å². The van der Waals surface area contributed by atoms with Crippen LogP contribution in [-0.2, 0) is 6.42 Å². The fourth-order valence-electron chi connectivity index (χ4n) is 1.73. The lowest BCUT2D eigenvalue weighted by atomic mass is 10.1. The number of nitriles is 1. The fraction of sp³-hybridized carbons (Fsp3) is 0.333.